The van der Waals surface area contributed by atoms with Gasteiger partial charge in [-0.15, -0.1) is 0 Å². The average Bonchev–Trinajstić information content (AvgIpc) is 2.71. The molecule has 2 rings (SSSR count). The molecule has 1 unspecified atom stereocenters. The van der Waals surface area contributed by atoms with E-state index in [0.717, 1.165) is 5.52 Å². The van der Waals surface area contributed by atoms with Crippen LogP contribution in [0.4, 0.5) is 4.39 Å². The molecule has 1 amide bonds. The van der Waals surface area contributed by atoms with E-state index in [4.69, 9.17) is 12.2 Å². The molecule has 102 valence electrons. The van der Waals surface area contributed by atoms with Crippen molar-refractivity contribution in [3.63, 3.8) is 0 Å². The predicted molar refractivity (Wildman–Crippen MR) is 75.1 cm³/mol. The fourth-order valence-electron chi connectivity index (χ4n) is 2.06. The second kappa shape index (κ2) is 5.13. The number of carbonyl (C=O) groups is 1. The fourth-order valence-corrected chi connectivity index (χ4v) is 2.43. The number of likely N-dealkylation sites (N-methyl/N-ethyl adjacent to an activating group) is 1. The van der Waals surface area contributed by atoms with Crippen molar-refractivity contribution in [1.82, 2.24) is 14.5 Å². The predicted octanol–water partition coefficient (Wildman–Crippen LogP) is 2.88. The summed E-state index contributed by atoms with van der Waals surface area (Å²) in [4.78, 5) is 16.8. The summed E-state index contributed by atoms with van der Waals surface area (Å²) >= 11 is 5.23. The molecule has 1 heterocycles. The SMILES string of the molecule is CCN(C)C(=O)C(C)n1c(=S)[nH]c2ccc(F)cc21. The summed E-state index contributed by atoms with van der Waals surface area (Å²) < 4.78 is 15.4. The molecular weight excluding hydrogens is 265 g/mol. The molecule has 1 aromatic carbocycles. The number of imidazole rings is 1. The van der Waals surface area contributed by atoms with E-state index >= 15 is 0 Å². The van der Waals surface area contributed by atoms with Crippen LogP contribution in [0.25, 0.3) is 11.0 Å². The van der Waals surface area contributed by atoms with Crippen LogP contribution in [0.3, 0.4) is 0 Å². The number of nitrogens with zero attached hydrogens (tertiary/aromatic N) is 2. The highest BCUT2D eigenvalue weighted by Gasteiger charge is 2.21. The van der Waals surface area contributed by atoms with E-state index in [1.165, 1.54) is 12.1 Å². The zero-order valence-corrected chi connectivity index (χ0v) is 11.9. The molecule has 0 aliphatic heterocycles. The highest BCUT2D eigenvalue weighted by Crippen LogP contribution is 2.21. The number of halogens is 1. The van der Waals surface area contributed by atoms with Gasteiger partial charge < -0.3 is 14.5 Å². The number of rotatable bonds is 3. The van der Waals surface area contributed by atoms with Crippen LogP contribution in [0.5, 0.6) is 0 Å². The second-order valence-corrected chi connectivity index (χ2v) is 4.88. The van der Waals surface area contributed by atoms with Gasteiger partial charge in [-0.25, -0.2) is 4.39 Å². The number of carbonyl (C=O) groups excluding carboxylic acids is 1. The molecule has 0 spiro atoms. The summed E-state index contributed by atoms with van der Waals surface area (Å²) in [5, 5.41) is 0. The van der Waals surface area contributed by atoms with Gasteiger partial charge in [0.05, 0.1) is 11.0 Å². The first-order valence-electron chi connectivity index (χ1n) is 6.10. The Hall–Kier alpha value is -1.69. The molecular formula is C13H16FN3OS. The Balaban J connectivity index is 2.55. The zero-order chi connectivity index (χ0) is 14.2. The van der Waals surface area contributed by atoms with Crippen molar-refractivity contribution < 1.29 is 9.18 Å². The van der Waals surface area contributed by atoms with E-state index in [0.29, 0.717) is 16.8 Å². The molecule has 0 saturated carbocycles. The first-order valence-corrected chi connectivity index (χ1v) is 6.51. The minimum atomic E-state index is -0.465. The van der Waals surface area contributed by atoms with E-state index in [2.05, 4.69) is 4.98 Å². The molecule has 0 radical (unpaired) electrons. The standard InChI is InChI=1S/C13H16FN3OS/c1-4-16(3)12(18)8(2)17-11-7-9(14)5-6-10(11)15-13(17)19/h5-8H,4H2,1-3H3,(H,15,19). The number of amides is 1. The lowest BCUT2D eigenvalue weighted by Gasteiger charge is -2.21. The highest BCUT2D eigenvalue weighted by atomic mass is 32.1. The van der Waals surface area contributed by atoms with Gasteiger partial charge in [-0.05, 0) is 44.3 Å². The number of aromatic nitrogens is 2. The van der Waals surface area contributed by atoms with Crippen molar-refractivity contribution in [2.45, 2.75) is 19.9 Å². The van der Waals surface area contributed by atoms with Crippen LogP contribution in [0.15, 0.2) is 18.2 Å². The molecule has 2 aromatic rings. The van der Waals surface area contributed by atoms with E-state index < -0.39 is 6.04 Å². The lowest BCUT2D eigenvalue weighted by molar-refractivity contribution is -0.132. The van der Waals surface area contributed by atoms with Gasteiger partial charge in [0.15, 0.2) is 4.77 Å². The molecule has 0 saturated heterocycles. The molecule has 1 atom stereocenters. The van der Waals surface area contributed by atoms with Gasteiger partial charge in [0.1, 0.15) is 11.9 Å². The Morgan fingerprint density at radius 3 is 2.89 bits per heavy atom. The Morgan fingerprint density at radius 2 is 2.26 bits per heavy atom. The Labute approximate surface area is 115 Å². The lowest BCUT2D eigenvalue weighted by atomic mass is 10.2. The van der Waals surface area contributed by atoms with Gasteiger partial charge in [-0.3, -0.25) is 4.79 Å². The number of hydrogen-bond acceptors (Lipinski definition) is 2. The maximum Gasteiger partial charge on any atom is 0.245 e. The van der Waals surface area contributed by atoms with E-state index in [9.17, 15) is 9.18 Å². The number of nitrogens with one attached hydrogen (secondary N) is 1. The Bertz CT molecular complexity index is 676. The average molecular weight is 281 g/mol. The molecule has 4 nitrogen and oxygen atoms in total. The van der Waals surface area contributed by atoms with Gasteiger partial charge in [-0.2, -0.15) is 0 Å². The number of fused-ring (bicyclic) bond motifs is 1. The van der Waals surface area contributed by atoms with E-state index in [1.807, 2.05) is 6.92 Å². The van der Waals surface area contributed by atoms with Crippen molar-refractivity contribution in [3.05, 3.63) is 28.8 Å². The largest absolute Gasteiger partial charge is 0.344 e. The third kappa shape index (κ3) is 2.40. The molecule has 0 aliphatic rings. The summed E-state index contributed by atoms with van der Waals surface area (Å²) in [5.74, 6) is -0.400. The van der Waals surface area contributed by atoms with Crippen molar-refractivity contribution in [3.8, 4) is 0 Å². The number of hydrogen-bond donors (Lipinski definition) is 1. The summed E-state index contributed by atoms with van der Waals surface area (Å²) in [6, 6.07) is 3.91. The van der Waals surface area contributed by atoms with Gasteiger partial charge >= 0.3 is 0 Å². The quantitative estimate of drug-likeness (QED) is 0.879. The normalized spacial score (nSPS) is 12.6. The molecule has 0 aliphatic carbocycles. The summed E-state index contributed by atoms with van der Waals surface area (Å²) in [6.07, 6.45) is 0. The van der Waals surface area contributed by atoms with Crippen molar-refractivity contribution in [2.24, 2.45) is 0 Å². The van der Waals surface area contributed by atoms with Crippen LogP contribution < -0.4 is 0 Å². The van der Waals surface area contributed by atoms with Crippen molar-refractivity contribution in [1.29, 1.82) is 0 Å². The highest BCUT2D eigenvalue weighted by molar-refractivity contribution is 7.71. The molecule has 1 N–H and O–H groups in total. The minimum Gasteiger partial charge on any atom is -0.344 e. The third-order valence-electron chi connectivity index (χ3n) is 3.27. The van der Waals surface area contributed by atoms with Crippen LogP contribution in [-0.4, -0.2) is 34.0 Å². The van der Waals surface area contributed by atoms with Crippen LogP contribution in [0.1, 0.15) is 19.9 Å². The van der Waals surface area contributed by atoms with E-state index in [-0.39, 0.29) is 11.7 Å². The summed E-state index contributed by atoms with van der Waals surface area (Å²) in [7, 11) is 1.73. The Kier molecular flexibility index (Phi) is 3.71. The maximum absolute atomic E-state index is 13.4. The third-order valence-corrected chi connectivity index (χ3v) is 3.57. The zero-order valence-electron chi connectivity index (χ0n) is 11.1. The lowest BCUT2D eigenvalue weighted by Crippen LogP contribution is -2.32. The maximum atomic E-state index is 13.4. The first kappa shape index (κ1) is 13.7. The topological polar surface area (TPSA) is 41.0 Å². The first-order chi connectivity index (χ1) is 8.95. The van der Waals surface area contributed by atoms with Gasteiger partial charge in [0.25, 0.3) is 0 Å². The van der Waals surface area contributed by atoms with Gasteiger partial charge in [-0.1, -0.05) is 0 Å². The summed E-state index contributed by atoms with van der Waals surface area (Å²) in [5.41, 5.74) is 1.33. The summed E-state index contributed by atoms with van der Waals surface area (Å²) in [6.45, 7) is 4.29. The fraction of sp³-hybridized carbons (Fsp3) is 0.385. The van der Waals surface area contributed by atoms with Gasteiger partial charge in [0, 0.05) is 13.6 Å². The molecule has 0 bridgehead atoms. The molecule has 19 heavy (non-hydrogen) atoms. The van der Waals surface area contributed by atoms with Crippen LogP contribution >= 0.6 is 12.2 Å². The smallest absolute Gasteiger partial charge is 0.245 e. The van der Waals surface area contributed by atoms with Crippen LogP contribution in [0.2, 0.25) is 0 Å². The number of H-pyrrole nitrogens is 1. The molecule has 0 fully saturated rings. The minimum absolute atomic E-state index is 0.0521. The van der Waals surface area contributed by atoms with Crippen LogP contribution in [-0.2, 0) is 4.79 Å². The molecule has 1 aromatic heterocycles. The second-order valence-electron chi connectivity index (χ2n) is 4.49. The van der Waals surface area contributed by atoms with Crippen molar-refractivity contribution in [2.75, 3.05) is 13.6 Å². The number of aromatic amines is 1. The van der Waals surface area contributed by atoms with Crippen molar-refractivity contribution >= 4 is 29.2 Å². The number of benzene rings is 1. The van der Waals surface area contributed by atoms with Crippen LogP contribution in [0, 0.1) is 10.6 Å². The molecule has 6 heteroatoms. The Morgan fingerprint density at radius 1 is 1.58 bits per heavy atom. The monoisotopic (exact) mass is 281 g/mol. The van der Waals surface area contributed by atoms with Gasteiger partial charge in [0.2, 0.25) is 5.91 Å². The van der Waals surface area contributed by atoms with E-state index in [1.54, 1.807) is 29.5 Å².